The van der Waals surface area contributed by atoms with Gasteiger partial charge in [-0.15, -0.1) is 0 Å². The van der Waals surface area contributed by atoms with Crippen molar-refractivity contribution in [1.82, 2.24) is 4.57 Å². The summed E-state index contributed by atoms with van der Waals surface area (Å²) in [5, 5.41) is 1.82. The van der Waals surface area contributed by atoms with Crippen LogP contribution in [0.3, 0.4) is 0 Å². The third-order valence-corrected chi connectivity index (χ3v) is 8.95. The molecule has 0 aliphatic heterocycles. The van der Waals surface area contributed by atoms with Crippen LogP contribution >= 0.6 is 0 Å². The van der Waals surface area contributed by atoms with Crippen LogP contribution in [0.4, 0.5) is 17.1 Å². The minimum atomic E-state index is -0.586. The number of rotatable bonds is 7. The summed E-state index contributed by atoms with van der Waals surface area (Å²) in [5.41, 5.74) is 6.95. The molecule has 2 heteroatoms. The predicted molar refractivity (Wildman–Crippen MR) is 212 cm³/mol. The SMILES string of the molecule is [2H]c1c([2H])c([2H])c(N(c2cccc(-c3ccccc3)c2)c2c([2H])c([2H])c(-c3ccc4c(c3)c3ccccc3n4-c3ccc(-c4ccccc4)cc3)c([2H])c2[2H])c([2H])c1[2H]. The second-order valence-electron chi connectivity index (χ2n) is 11.9. The maximum atomic E-state index is 9.46. The zero-order valence-electron chi connectivity index (χ0n) is 35.8. The van der Waals surface area contributed by atoms with E-state index in [1.807, 2.05) is 91.0 Å². The van der Waals surface area contributed by atoms with Crippen molar-refractivity contribution in [2.45, 2.75) is 0 Å². The predicted octanol–water partition coefficient (Wildman–Crippen LogP) is 13.3. The van der Waals surface area contributed by atoms with Gasteiger partial charge in [0, 0.05) is 33.5 Å². The lowest BCUT2D eigenvalue weighted by Gasteiger charge is -2.26. The standard InChI is InChI=1S/C48H34N2/c1-4-13-35(14-5-1)37-23-30-43(31-24-37)50-47-22-11-10-21-45(47)46-34-40(27-32-48(46)50)38-25-28-42(29-26-38)49(41-18-8-3-9-19-41)44-20-12-17-39(33-44)36-15-6-2-7-16-36/h1-34H/i3D,8D,9D,18D,19D,25D,26D,28D,29D. The van der Waals surface area contributed by atoms with Crippen LogP contribution in [-0.4, -0.2) is 4.57 Å². The van der Waals surface area contributed by atoms with Gasteiger partial charge in [0.25, 0.3) is 0 Å². The Morgan fingerprint density at radius 1 is 0.360 bits per heavy atom. The first-order valence-corrected chi connectivity index (χ1v) is 16.4. The molecular weight excluding hydrogens is 605 g/mol. The Labute approximate surface area is 305 Å². The fraction of sp³-hybridized carbons (Fsp3) is 0. The van der Waals surface area contributed by atoms with E-state index in [1.165, 1.54) is 4.90 Å². The Kier molecular flexibility index (Phi) is 5.45. The minimum Gasteiger partial charge on any atom is -0.310 e. The van der Waals surface area contributed by atoms with Crippen LogP contribution < -0.4 is 4.90 Å². The highest BCUT2D eigenvalue weighted by Crippen LogP contribution is 2.39. The average molecular weight is 648 g/mol. The number of hydrogen-bond donors (Lipinski definition) is 0. The quantitative estimate of drug-likeness (QED) is 0.167. The topological polar surface area (TPSA) is 8.17 Å². The monoisotopic (exact) mass is 647 g/mol. The molecule has 50 heavy (non-hydrogen) atoms. The minimum absolute atomic E-state index is 0.0775. The Morgan fingerprint density at radius 2 is 0.920 bits per heavy atom. The Morgan fingerprint density at radius 3 is 1.66 bits per heavy atom. The average Bonchev–Trinajstić information content (AvgIpc) is 3.61. The molecule has 0 saturated heterocycles. The molecule has 1 heterocycles. The van der Waals surface area contributed by atoms with Gasteiger partial charge in [0.15, 0.2) is 0 Å². The van der Waals surface area contributed by atoms with Crippen LogP contribution in [0.1, 0.15) is 12.3 Å². The van der Waals surface area contributed by atoms with Crippen LogP contribution in [0.2, 0.25) is 0 Å². The molecule has 0 unspecified atom stereocenters. The van der Waals surface area contributed by atoms with Gasteiger partial charge < -0.3 is 9.47 Å². The number of aromatic nitrogens is 1. The number of hydrogen-bond acceptors (Lipinski definition) is 1. The molecule has 0 N–H and O–H groups in total. The Balaban J connectivity index is 1.23. The summed E-state index contributed by atoms with van der Waals surface area (Å²) in [4.78, 5) is 1.26. The van der Waals surface area contributed by atoms with Crippen molar-refractivity contribution >= 4 is 38.9 Å². The summed E-state index contributed by atoms with van der Waals surface area (Å²) < 4.78 is 83.0. The third-order valence-electron chi connectivity index (χ3n) is 8.95. The lowest BCUT2D eigenvalue weighted by Crippen LogP contribution is -2.09. The van der Waals surface area contributed by atoms with E-state index in [9.17, 15) is 5.48 Å². The molecule has 0 amide bonds. The summed E-state index contributed by atoms with van der Waals surface area (Å²) in [7, 11) is 0. The van der Waals surface area contributed by atoms with Gasteiger partial charge in [-0.05, 0) is 100 Å². The number of para-hydroxylation sites is 2. The molecule has 236 valence electrons. The van der Waals surface area contributed by atoms with E-state index in [1.54, 1.807) is 24.3 Å². The molecule has 0 bridgehead atoms. The van der Waals surface area contributed by atoms with Crippen LogP contribution in [0.5, 0.6) is 0 Å². The van der Waals surface area contributed by atoms with Crippen LogP contribution in [-0.2, 0) is 0 Å². The van der Waals surface area contributed by atoms with Gasteiger partial charge in [-0.3, -0.25) is 0 Å². The fourth-order valence-corrected chi connectivity index (χ4v) is 6.58. The third kappa shape index (κ3) is 5.43. The van der Waals surface area contributed by atoms with Crippen molar-refractivity contribution in [3.8, 4) is 39.1 Å². The smallest absolute Gasteiger partial charge is 0.0645 e. The van der Waals surface area contributed by atoms with E-state index in [-0.39, 0.29) is 29.0 Å². The van der Waals surface area contributed by atoms with Crippen LogP contribution in [0.25, 0.3) is 60.9 Å². The van der Waals surface area contributed by atoms with E-state index >= 15 is 0 Å². The first-order valence-electron chi connectivity index (χ1n) is 20.9. The van der Waals surface area contributed by atoms with Gasteiger partial charge in [-0.2, -0.15) is 0 Å². The molecule has 0 aliphatic carbocycles. The van der Waals surface area contributed by atoms with E-state index in [0.717, 1.165) is 49.7 Å². The molecule has 9 aromatic rings. The van der Waals surface area contributed by atoms with E-state index in [4.69, 9.17) is 6.85 Å². The number of benzene rings is 8. The largest absolute Gasteiger partial charge is 0.310 e. The fourth-order valence-electron chi connectivity index (χ4n) is 6.58. The molecule has 0 aliphatic rings. The van der Waals surface area contributed by atoms with Crippen molar-refractivity contribution in [3.63, 3.8) is 0 Å². The van der Waals surface area contributed by atoms with Gasteiger partial charge >= 0.3 is 0 Å². The van der Waals surface area contributed by atoms with Gasteiger partial charge in [0.2, 0.25) is 0 Å². The van der Waals surface area contributed by atoms with Crippen molar-refractivity contribution in [2.75, 3.05) is 4.90 Å². The molecule has 0 spiro atoms. The van der Waals surface area contributed by atoms with Crippen molar-refractivity contribution in [2.24, 2.45) is 0 Å². The van der Waals surface area contributed by atoms with E-state index in [0.29, 0.717) is 11.3 Å². The molecule has 0 atom stereocenters. The van der Waals surface area contributed by atoms with Gasteiger partial charge in [0.05, 0.1) is 23.4 Å². The lowest BCUT2D eigenvalue weighted by atomic mass is 10.0. The zero-order chi connectivity index (χ0) is 41.1. The summed E-state index contributed by atoms with van der Waals surface area (Å²) in [5.74, 6) is 0. The molecule has 9 rings (SSSR count). The maximum absolute atomic E-state index is 9.46. The number of anilines is 3. The second kappa shape index (κ2) is 12.8. The summed E-state index contributed by atoms with van der Waals surface area (Å²) in [6, 6.07) is 44.3. The second-order valence-corrected chi connectivity index (χ2v) is 11.9. The summed E-state index contributed by atoms with van der Waals surface area (Å²) >= 11 is 0. The van der Waals surface area contributed by atoms with Crippen LogP contribution in [0.15, 0.2) is 206 Å². The van der Waals surface area contributed by atoms with Gasteiger partial charge in [0.1, 0.15) is 0 Å². The normalized spacial score (nSPS) is 13.7. The molecule has 0 saturated carbocycles. The van der Waals surface area contributed by atoms with Crippen molar-refractivity contribution in [1.29, 1.82) is 0 Å². The lowest BCUT2D eigenvalue weighted by molar-refractivity contribution is 1.18. The summed E-state index contributed by atoms with van der Waals surface area (Å²) in [6.07, 6.45) is 0. The molecule has 0 radical (unpaired) electrons. The van der Waals surface area contributed by atoms with E-state index < -0.39 is 42.3 Å². The summed E-state index contributed by atoms with van der Waals surface area (Å²) in [6.45, 7) is 0. The van der Waals surface area contributed by atoms with E-state index in [2.05, 4.69) is 41.0 Å². The zero-order valence-corrected chi connectivity index (χ0v) is 26.8. The highest BCUT2D eigenvalue weighted by Gasteiger charge is 2.16. The number of fused-ring (bicyclic) bond motifs is 3. The Bertz CT molecular complexity index is 3030. The first-order chi connectivity index (χ1) is 28.5. The first kappa shape index (κ1) is 21.4. The highest BCUT2D eigenvalue weighted by molar-refractivity contribution is 6.10. The maximum Gasteiger partial charge on any atom is 0.0645 e. The molecule has 1 aromatic heterocycles. The number of nitrogens with zero attached hydrogens (tertiary/aromatic N) is 2. The van der Waals surface area contributed by atoms with Crippen molar-refractivity contribution in [3.05, 3.63) is 206 Å². The molecule has 0 fully saturated rings. The van der Waals surface area contributed by atoms with Crippen molar-refractivity contribution < 1.29 is 12.3 Å². The Hall–Kier alpha value is -6.64. The van der Waals surface area contributed by atoms with Gasteiger partial charge in [-0.25, -0.2) is 0 Å². The molecule has 2 nitrogen and oxygen atoms in total. The molecule has 8 aromatic carbocycles. The molecular formula is C48H34N2. The van der Waals surface area contributed by atoms with Crippen LogP contribution in [0, 0.1) is 0 Å². The highest BCUT2D eigenvalue weighted by atomic mass is 15.1. The van der Waals surface area contributed by atoms with Gasteiger partial charge in [-0.1, -0.05) is 139 Å².